The number of aryl methyl sites for hydroxylation is 1. The van der Waals surface area contributed by atoms with Crippen LogP contribution in [0.5, 0.6) is 0 Å². The Kier molecular flexibility index (Phi) is 6.47. The second kappa shape index (κ2) is 6.76. The molecule has 0 fully saturated rings. The molecule has 0 radical (unpaired) electrons. The van der Waals surface area contributed by atoms with Gasteiger partial charge in [-0.1, -0.05) is 0 Å². The maximum absolute atomic E-state index is 11.4. The largest absolute Gasteiger partial charge is 0.339 e. The highest BCUT2D eigenvalue weighted by atomic mass is 35.5. The Morgan fingerprint density at radius 3 is 2.80 bits per heavy atom. The van der Waals surface area contributed by atoms with Crippen LogP contribution in [0.3, 0.4) is 0 Å². The molecule has 0 aliphatic heterocycles. The second-order valence-corrected chi connectivity index (χ2v) is 4.45. The number of likely N-dealkylation sites (N-methyl/N-ethyl adjacent to an activating group) is 2. The lowest BCUT2D eigenvalue weighted by atomic mass is 10.4. The average molecular weight is 250 g/mol. The molecular formula is C9H16ClN3OS. The third-order valence-electron chi connectivity index (χ3n) is 1.82. The highest BCUT2D eigenvalue weighted by Crippen LogP contribution is 2.13. The second-order valence-electron chi connectivity index (χ2n) is 3.13. The van der Waals surface area contributed by atoms with Gasteiger partial charge in [0.25, 0.3) is 0 Å². The van der Waals surface area contributed by atoms with E-state index in [1.165, 1.54) is 0 Å². The van der Waals surface area contributed by atoms with Gasteiger partial charge in [-0.15, -0.1) is 23.7 Å². The SMILES string of the molecule is CNCC(=O)N(C)Cc1cnc(C)s1.Cl. The normalized spacial score (nSPS) is 9.53. The first kappa shape index (κ1) is 14.3. The standard InChI is InChI=1S/C9H15N3OS.ClH/c1-7-11-4-8(14-7)6-12(3)9(13)5-10-2;/h4,10H,5-6H2,1-3H3;1H. The highest BCUT2D eigenvalue weighted by molar-refractivity contribution is 7.11. The maximum atomic E-state index is 11.4. The van der Waals surface area contributed by atoms with Gasteiger partial charge in [0.05, 0.1) is 18.1 Å². The molecule has 0 bridgehead atoms. The number of aromatic nitrogens is 1. The number of rotatable bonds is 4. The molecule has 1 amide bonds. The number of carbonyl (C=O) groups excluding carboxylic acids is 1. The fraction of sp³-hybridized carbons (Fsp3) is 0.556. The number of hydrogen-bond donors (Lipinski definition) is 1. The van der Waals surface area contributed by atoms with Crippen molar-refractivity contribution in [3.8, 4) is 0 Å². The minimum Gasteiger partial charge on any atom is -0.339 e. The Labute approximate surface area is 100 Å². The van der Waals surface area contributed by atoms with Crippen molar-refractivity contribution in [3.05, 3.63) is 16.1 Å². The van der Waals surface area contributed by atoms with E-state index >= 15 is 0 Å². The minimum absolute atomic E-state index is 0. The van der Waals surface area contributed by atoms with E-state index in [1.807, 2.05) is 13.1 Å². The summed E-state index contributed by atoms with van der Waals surface area (Å²) in [5.74, 6) is 0.0959. The van der Waals surface area contributed by atoms with E-state index in [4.69, 9.17) is 0 Å². The van der Waals surface area contributed by atoms with Crippen LogP contribution in [-0.4, -0.2) is 36.4 Å². The summed E-state index contributed by atoms with van der Waals surface area (Å²) in [6.07, 6.45) is 1.82. The van der Waals surface area contributed by atoms with E-state index in [0.29, 0.717) is 13.1 Å². The summed E-state index contributed by atoms with van der Waals surface area (Å²) in [7, 11) is 3.57. The van der Waals surface area contributed by atoms with Crippen LogP contribution in [0, 0.1) is 6.92 Å². The molecular weight excluding hydrogens is 234 g/mol. The fourth-order valence-electron chi connectivity index (χ4n) is 1.09. The van der Waals surface area contributed by atoms with Crippen LogP contribution in [0.15, 0.2) is 6.20 Å². The lowest BCUT2D eigenvalue weighted by Crippen LogP contribution is -2.33. The van der Waals surface area contributed by atoms with Crippen molar-refractivity contribution < 1.29 is 4.79 Å². The topological polar surface area (TPSA) is 45.2 Å². The lowest BCUT2D eigenvalue weighted by molar-refractivity contribution is -0.129. The van der Waals surface area contributed by atoms with Crippen LogP contribution in [0.1, 0.15) is 9.88 Å². The first-order valence-corrected chi connectivity index (χ1v) is 5.25. The van der Waals surface area contributed by atoms with Gasteiger partial charge in [0.1, 0.15) is 0 Å². The van der Waals surface area contributed by atoms with Crippen molar-refractivity contribution in [2.24, 2.45) is 0 Å². The molecule has 0 unspecified atom stereocenters. The number of thiazole rings is 1. The number of nitrogens with one attached hydrogen (secondary N) is 1. The van der Waals surface area contributed by atoms with Gasteiger partial charge in [-0.3, -0.25) is 4.79 Å². The van der Waals surface area contributed by atoms with Gasteiger partial charge in [-0.25, -0.2) is 4.98 Å². The van der Waals surface area contributed by atoms with E-state index in [2.05, 4.69) is 10.3 Å². The van der Waals surface area contributed by atoms with Gasteiger partial charge in [-0.2, -0.15) is 0 Å². The molecule has 1 aromatic rings. The van der Waals surface area contributed by atoms with E-state index in [9.17, 15) is 4.79 Å². The van der Waals surface area contributed by atoms with Crippen molar-refractivity contribution in [1.82, 2.24) is 15.2 Å². The molecule has 0 aliphatic carbocycles. The summed E-state index contributed by atoms with van der Waals surface area (Å²) in [5, 5.41) is 3.87. The summed E-state index contributed by atoms with van der Waals surface area (Å²) in [6.45, 7) is 2.99. The molecule has 0 atom stereocenters. The molecule has 0 spiro atoms. The van der Waals surface area contributed by atoms with Crippen molar-refractivity contribution in [1.29, 1.82) is 0 Å². The molecule has 86 valence electrons. The zero-order valence-electron chi connectivity index (χ0n) is 9.11. The molecule has 15 heavy (non-hydrogen) atoms. The van der Waals surface area contributed by atoms with Gasteiger partial charge < -0.3 is 10.2 Å². The molecule has 4 nitrogen and oxygen atoms in total. The first-order chi connectivity index (χ1) is 6.63. The van der Waals surface area contributed by atoms with E-state index in [1.54, 1.807) is 30.3 Å². The van der Waals surface area contributed by atoms with Crippen molar-refractivity contribution in [2.75, 3.05) is 20.6 Å². The predicted molar refractivity (Wildman–Crippen MR) is 64.5 cm³/mol. The summed E-state index contributed by atoms with van der Waals surface area (Å²) < 4.78 is 0. The summed E-state index contributed by atoms with van der Waals surface area (Å²) in [4.78, 5) is 18.4. The molecule has 6 heteroatoms. The third-order valence-corrected chi connectivity index (χ3v) is 2.71. The predicted octanol–water partition coefficient (Wildman–Crippen LogP) is 1.05. The highest BCUT2D eigenvalue weighted by Gasteiger charge is 2.08. The fourth-order valence-corrected chi connectivity index (χ4v) is 1.94. The van der Waals surface area contributed by atoms with Gasteiger partial charge in [0.15, 0.2) is 0 Å². The molecule has 0 aliphatic rings. The molecule has 1 aromatic heterocycles. The van der Waals surface area contributed by atoms with Crippen LogP contribution in [0.2, 0.25) is 0 Å². The Morgan fingerprint density at radius 1 is 1.67 bits per heavy atom. The Morgan fingerprint density at radius 2 is 2.33 bits per heavy atom. The van der Waals surface area contributed by atoms with Crippen LogP contribution in [0.25, 0.3) is 0 Å². The smallest absolute Gasteiger partial charge is 0.236 e. The number of carbonyl (C=O) groups is 1. The van der Waals surface area contributed by atoms with Crippen LogP contribution in [-0.2, 0) is 11.3 Å². The molecule has 1 rings (SSSR count). The van der Waals surface area contributed by atoms with E-state index < -0.39 is 0 Å². The van der Waals surface area contributed by atoms with Crippen LogP contribution < -0.4 is 5.32 Å². The number of hydrogen-bond acceptors (Lipinski definition) is 4. The zero-order chi connectivity index (χ0) is 10.6. The Balaban J connectivity index is 0.00000196. The molecule has 0 saturated carbocycles. The third kappa shape index (κ3) is 4.59. The van der Waals surface area contributed by atoms with E-state index in [-0.39, 0.29) is 18.3 Å². The molecule has 1 N–H and O–H groups in total. The van der Waals surface area contributed by atoms with Gasteiger partial charge in [-0.05, 0) is 14.0 Å². The monoisotopic (exact) mass is 249 g/mol. The number of nitrogens with zero attached hydrogens (tertiary/aromatic N) is 2. The Hall–Kier alpha value is -0.650. The first-order valence-electron chi connectivity index (χ1n) is 4.43. The molecule has 0 aromatic carbocycles. The number of halogens is 1. The summed E-state index contributed by atoms with van der Waals surface area (Å²) in [6, 6.07) is 0. The zero-order valence-corrected chi connectivity index (χ0v) is 10.7. The minimum atomic E-state index is 0. The summed E-state index contributed by atoms with van der Waals surface area (Å²) >= 11 is 1.63. The lowest BCUT2D eigenvalue weighted by Gasteiger charge is -2.15. The number of amides is 1. The van der Waals surface area contributed by atoms with Crippen molar-refractivity contribution >= 4 is 29.7 Å². The maximum Gasteiger partial charge on any atom is 0.236 e. The molecule has 0 saturated heterocycles. The van der Waals surface area contributed by atoms with Crippen molar-refractivity contribution in [3.63, 3.8) is 0 Å². The van der Waals surface area contributed by atoms with Gasteiger partial charge >= 0.3 is 0 Å². The van der Waals surface area contributed by atoms with Gasteiger partial charge in [0.2, 0.25) is 5.91 Å². The quantitative estimate of drug-likeness (QED) is 0.868. The van der Waals surface area contributed by atoms with E-state index in [0.717, 1.165) is 9.88 Å². The average Bonchev–Trinajstić information content (AvgIpc) is 2.51. The van der Waals surface area contributed by atoms with Gasteiger partial charge in [0, 0.05) is 18.1 Å². The van der Waals surface area contributed by atoms with Crippen molar-refractivity contribution in [2.45, 2.75) is 13.5 Å². The van der Waals surface area contributed by atoms with Crippen LogP contribution in [0.4, 0.5) is 0 Å². The Bertz CT molecular complexity index is 316. The van der Waals surface area contributed by atoms with Crippen LogP contribution >= 0.6 is 23.7 Å². The molecule has 1 heterocycles. The summed E-state index contributed by atoms with van der Waals surface area (Å²) in [5.41, 5.74) is 0.